The van der Waals surface area contributed by atoms with Crippen molar-refractivity contribution in [1.82, 2.24) is 10.6 Å². The molecule has 1 aromatic rings. The summed E-state index contributed by atoms with van der Waals surface area (Å²) in [6, 6.07) is 4.96. The van der Waals surface area contributed by atoms with Gasteiger partial charge in [0.15, 0.2) is 11.5 Å². The van der Waals surface area contributed by atoms with Crippen LogP contribution in [-0.2, 0) is 4.79 Å². The highest BCUT2D eigenvalue weighted by molar-refractivity contribution is 5.97. The number of ether oxygens (including phenoxy) is 2. The van der Waals surface area contributed by atoms with Crippen molar-refractivity contribution in [2.75, 3.05) is 19.9 Å². The Bertz CT molecular complexity index is 575. The summed E-state index contributed by atoms with van der Waals surface area (Å²) in [6.45, 7) is 3.01. The van der Waals surface area contributed by atoms with Crippen molar-refractivity contribution in [2.45, 2.75) is 51.9 Å². The van der Waals surface area contributed by atoms with Crippen LogP contribution in [0.25, 0.3) is 0 Å². The molecule has 2 N–H and O–H groups in total. The third kappa shape index (κ3) is 6.64. The Labute approximate surface area is 149 Å². The van der Waals surface area contributed by atoms with Crippen LogP contribution in [0.2, 0.25) is 0 Å². The fraction of sp³-hybridized carbons (Fsp3) is 0.579. The minimum Gasteiger partial charge on any atom is -0.454 e. The Morgan fingerprint density at radius 2 is 1.68 bits per heavy atom. The quantitative estimate of drug-likeness (QED) is 0.603. The van der Waals surface area contributed by atoms with E-state index in [0.717, 1.165) is 12.8 Å². The first-order chi connectivity index (χ1) is 12.2. The van der Waals surface area contributed by atoms with Gasteiger partial charge in [0.25, 0.3) is 5.91 Å². The number of benzene rings is 1. The van der Waals surface area contributed by atoms with Gasteiger partial charge in [-0.15, -0.1) is 0 Å². The molecule has 2 amide bonds. The number of hydrogen-bond donors (Lipinski definition) is 2. The molecule has 0 spiro atoms. The second-order valence-corrected chi connectivity index (χ2v) is 6.22. The zero-order valence-corrected chi connectivity index (χ0v) is 14.9. The number of carbonyl (C=O) groups excluding carboxylic acids is 2. The Kier molecular flexibility index (Phi) is 8.09. The molecule has 0 saturated carbocycles. The van der Waals surface area contributed by atoms with Crippen molar-refractivity contribution in [1.29, 1.82) is 0 Å². The van der Waals surface area contributed by atoms with Crippen LogP contribution in [0.5, 0.6) is 11.5 Å². The minimum absolute atomic E-state index is 0.0240. The third-order valence-corrected chi connectivity index (χ3v) is 4.15. The van der Waals surface area contributed by atoms with Gasteiger partial charge in [0.05, 0.1) is 6.54 Å². The molecule has 25 heavy (non-hydrogen) atoms. The van der Waals surface area contributed by atoms with E-state index >= 15 is 0 Å². The normalized spacial score (nSPS) is 12.0. The Balaban J connectivity index is 1.56. The van der Waals surface area contributed by atoms with E-state index in [-0.39, 0.29) is 25.2 Å². The molecule has 6 nitrogen and oxygen atoms in total. The average molecular weight is 348 g/mol. The summed E-state index contributed by atoms with van der Waals surface area (Å²) in [4.78, 5) is 23.8. The maximum absolute atomic E-state index is 12.1. The number of rotatable bonds is 11. The van der Waals surface area contributed by atoms with E-state index in [0.29, 0.717) is 23.6 Å². The highest BCUT2D eigenvalue weighted by Gasteiger charge is 2.16. The minimum atomic E-state index is -0.302. The van der Waals surface area contributed by atoms with Crippen LogP contribution in [0.1, 0.15) is 62.2 Å². The van der Waals surface area contributed by atoms with Gasteiger partial charge in [-0.1, -0.05) is 45.4 Å². The number of unbranched alkanes of at least 4 members (excludes halogenated alkanes) is 6. The van der Waals surface area contributed by atoms with Crippen molar-refractivity contribution in [3.05, 3.63) is 23.8 Å². The van der Waals surface area contributed by atoms with Gasteiger partial charge in [0.1, 0.15) is 0 Å². The smallest absolute Gasteiger partial charge is 0.251 e. The van der Waals surface area contributed by atoms with Crippen LogP contribution in [0, 0.1) is 0 Å². The monoisotopic (exact) mass is 348 g/mol. The summed E-state index contributed by atoms with van der Waals surface area (Å²) >= 11 is 0. The summed E-state index contributed by atoms with van der Waals surface area (Å²) in [5.74, 6) is 0.712. The van der Waals surface area contributed by atoms with E-state index < -0.39 is 0 Å². The number of amides is 2. The van der Waals surface area contributed by atoms with Gasteiger partial charge in [0, 0.05) is 12.1 Å². The Hall–Kier alpha value is -2.24. The van der Waals surface area contributed by atoms with Crippen LogP contribution in [-0.4, -0.2) is 31.7 Å². The molecule has 1 aromatic carbocycles. The first kappa shape index (κ1) is 19.1. The molecule has 0 radical (unpaired) electrons. The molecule has 1 aliphatic heterocycles. The molecule has 0 saturated heterocycles. The Morgan fingerprint density at radius 1 is 0.960 bits per heavy atom. The molecule has 138 valence electrons. The highest BCUT2D eigenvalue weighted by atomic mass is 16.7. The van der Waals surface area contributed by atoms with Gasteiger partial charge in [-0.25, -0.2) is 0 Å². The van der Waals surface area contributed by atoms with Crippen molar-refractivity contribution in [3.8, 4) is 11.5 Å². The van der Waals surface area contributed by atoms with Gasteiger partial charge < -0.3 is 20.1 Å². The maximum Gasteiger partial charge on any atom is 0.251 e. The molecule has 0 fully saturated rings. The lowest BCUT2D eigenvalue weighted by Crippen LogP contribution is -2.37. The summed E-state index contributed by atoms with van der Waals surface area (Å²) < 4.78 is 10.4. The van der Waals surface area contributed by atoms with E-state index in [2.05, 4.69) is 17.6 Å². The van der Waals surface area contributed by atoms with Gasteiger partial charge in [0.2, 0.25) is 12.7 Å². The first-order valence-electron chi connectivity index (χ1n) is 9.15. The summed E-state index contributed by atoms with van der Waals surface area (Å²) in [6.07, 6.45) is 8.47. The fourth-order valence-electron chi connectivity index (χ4n) is 2.67. The second kappa shape index (κ2) is 10.6. The molecule has 0 unspecified atom stereocenters. The van der Waals surface area contributed by atoms with E-state index in [9.17, 15) is 9.59 Å². The molecular formula is C19H28N2O4. The maximum atomic E-state index is 12.1. The predicted molar refractivity (Wildman–Crippen MR) is 95.9 cm³/mol. The SMILES string of the molecule is CCCCCCCCCNC(=O)CNC(=O)c1ccc2c(c1)OCO2. The van der Waals surface area contributed by atoms with Crippen LogP contribution >= 0.6 is 0 Å². The van der Waals surface area contributed by atoms with E-state index in [1.807, 2.05) is 0 Å². The van der Waals surface area contributed by atoms with Crippen molar-refractivity contribution >= 4 is 11.8 Å². The van der Waals surface area contributed by atoms with Crippen molar-refractivity contribution in [2.24, 2.45) is 0 Å². The average Bonchev–Trinajstić information content (AvgIpc) is 3.09. The number of hydrogen-bond acceptors (Lipinski definition) is 4. The largest absolute Gasteiger partial charge is 0.454 e. The lowest BCUT2D eigenvalue weighted by molar-refractivity contribution is -0.120. The zero-order chi connectivity index (χ0) is 17.9. The number of carbonyl (C=O) groups is 2. The predicted octanol–water partition coefficient (Wildman–Crippen LogP) is 3.01. The molecule has 0 atom stereocenters. The van der Waals surface area contributed by atoms with E-state index in [1.54, 1.807) is 18.2 Å². The first-order valence-corrected chi connectivity index (χ1v) is 9.15. The summed E-state index contributed by atoms with van der Waals surface area (Å²) in [5.41, 5.74) is 0.448. The standard InChI is InChI=1S/C19H28N2O4/c1-2-3-4-5-6-7-8-11-20-18(22)13-21-19(23)15-9-10-16-17(12-15)25-14-24-16/h9-10,12H,2-8,11,13-14H2,1H3,(H,20,22)(H,21,23). The van der Waals surface area contributed by atoms with Crippen LogP contribution in [0.4, 0.5) is 0 Å². The molecule has 2 rings (SSSR count). The zero-order valence-electron chi connectivity index (χ0n) is 14.9. The lowest BCUT2D eigenvalue weighted by atomic mass is 10.1. The third-order valence-electron chi connectivity index (χ3n) is 4.15. The molecule has 0 bridgehead atoms. The molecule has 1 aliphatic rings. The van der Waals surface area contributed by atoms with Gasteiger partial charge >= 0.3 is 0 Å². The molecular weight excluding hydrogens is 320 g/mol. The number of nitrogens with one attached hydrogen (secondary N) is 2. The van der Waals surface area contributed by atoms with Crippen molar-refractivity contribution in [3.63, 3.8) is 0 Å². The highest BCUT2D eigenvalue weighted by Crippen LogP contribution is 2.32. The topological polar surface area (TPSA) is 76.7 Å². The molecule has 1 heterocycles. The van der Waals surface area contributed by atoms with E-state index in [4.69, 9.17) is 9.47 Å². The van der Waals surface area contributed by atoms with Gasteiger partial charge in [-0.2, -0.15) is 0 Å². The number of fused-ring (bicyclic) bond motifs is 1. The molecule has 0 aromatic heterocycles. The summed E-state index contributed by atoms with van der Waals surface area (Å²) in [5, 5.41) is 5.45. The molecule has 0 aliphatic carbocycles. The molecule has 6 heteroatoms. The lowest BCUT2D eigenvalue weighted by Gasteiger charge is -2.07. The van der Waals surface area contributed by atoms with Crippen LogP contribution in [0.15, 0.2) is 18.2 Å². The van der Waals surface area contributed by atoms with Crippen LogP contribution < -0.4 is 20.1 Å². The second-order valence-electron chi connectivity index (χ2n) is 6.22. The van der Waals surface area contributed by atoms with Crippen LogP contribution in [0.3, 0.4) is 0 Å². The summed E-state index contributed by atoms with van der Waals surface area (Å²) in [7, 11) is 0. The Morgan fingerprint density at radius 3 is 2.48 bits per heavy atom. The van der Waals surface area contributed by atoms with Gasteiger partial charge in [-0.05, 0) is 24.6 Å². The van der Waals surface area contributed by atoms with Gasteiger partial charge in [-0.3, -0.25) is 9.59 Å². The van der Waals surface area contributed by atoms with Crippen molar-refractivity contribution < 1.29 is 19.1 Å². The van der Waals surface area contributed by atoms with E-state index in [1.165, 1.54) is 32.1 Å². The fourth-order valence-corrected chi connectivity index (χ4v) is 2.67.